The summed E-state index contributed by atoms with van der Waals surface area (Å²) in [7, 11) is -13.6. The van der Waals surface area contributed by atoms with Crippen LogP contribution in [0, 0.1) is 0 Å². The van der Waals surface area contributed by atoms with Crippen molar-refractivity contribution in [3.63, 3.8) is 0 Å². The molecule has 1 aliphatic rings. The predicted octanol–water partition coefficient (Wildman–Crippen LogP) is 5.39. The molecule has 1 amide bonds. The van der Waals surface area contributed by atoms with Gasteiger partial charge in [-0.3, -0.25) is 4.79 Å². The molecule has 3 N–H and O–H groups in total. The van der Waals surface area contributed by atoms with Crippen molar-refractivity contribution >= 4 is 61.9 Å². The molecule has 0 aromatic heterocycles. The van der Waals surface area contributed by atoms with Crippen LogP contribution >= 0.6 is 11.8 Å². The quantitative estimate of drug-likeness (QED) is 0.126. The zero-order chi connectivity index (χ0) is 40.1. The van der Waals surface area contributed by atoms with E-state index >= 15 is 0 Å². The number of benzene rings is 4. The molecule has 10 nitrogen and oxygen atoms in total. The van der Waals surface area contributed by atoms with E-state index in [0.29, 0.717) is 6.07 Å². The van der Waals surface area contributed by atoms with Crippen molar-refractivity contribution in [2.45, 2.75) is 64.5 Å². The Hall–Kier alpha value is -3.71. The summed E-state index contributed by atoms with van der Waals surface area (Å²) < 4.78 is 104. The van der Waals surface area contributed by atoms with E-state index in [1.54, 1.807) is 17.0 Å². The second-order valence-electron chi connectivity index (χ2n) is 14.1. The van der Waals surface area contributed by atoms with Crippen molar-refractivity contribution in [3.8, 4) is 0 Å². The molecule has 4 aromatic rings. The number of carbonyl (C=O) groups is 1. The number of halogens is 3. The fourth-order valence-corrected chi connectivity index (χ4v) is 13.8. The van der Waals surface area contributed by atoms with Gasteiger partial charge < -0.3 is 19.4 Å². The maximum atomic E-state index is 14.3. The number of amides is 1. The molecule has 17 heteroatoms. The number of hydrogen-bond donors (Lipinski definition) is 2. The highest BCUT2D eigenvalue weighted by molar-refractivity contribution is 7.99. The van der Waals surface area contributed by atoms with Crippen LogP contribution in [0.1, 0.15) is 27.2 Å². The van der Waals surface area contributed by atoms with Crippen molar-refractivity contribution in [3.05, 3.63) is 109 Å². The SMILES string of the molecule is CC(C)(C)[Si](OC[C@H]1COCCN1C(=O)C[C@H](CSc1ccccc1)Nc1ccc(S(N)(=O)=O)cc1S(=O)(=O)C(F)(F)F)(c1ccccc1)c1ccccc1. The molecule has 55 heavy (non-hydrogen) atoms. The summed E-state index contributed by atoms with van der Waals surface area (Å²) in [4.78, 5) is 14.6. The van der Waals surface area contributed by atoms with E-state index in [1.807, 2.05) is 54.6 Å². The molecule has 296 valence electrons. The van der Waals surface area contributed by atoms with Gasteiger partial charge >= 0.3 is 5.51 Å². The minimum Gasteiger partial charge on any atom is -0.405 e. The molecule has 1 aliphatic heterocycles. The second-order valence-corrected chi connectivity index (χ2v) is 23.0. The van der Waals surface area contributed by atoms with E-state index < -0.39 is 61.2 Å². The topological polar surface area (TPSA) is 145 Å². The first-order valence-corrected chi connectivity index (χ1v) is 23.3. The van der Waals surface area contributed by atoms with Gasteiger partial charge in [0.15, 0.2) is 0 Å². The number of rotatable bonds is 14. The van der Waals surface area contributed by atoms with Gasteiger partial charge in [-0.2, -0.15) is 13.2 Å². The van der Waals surface area contributed by atoms with Crippen molar-refractivity contribution in [2.75, 3.05) is 37.4 Å². The molecule has 0 bridgehead atoms. The van der Waals surface area contributed by atoms with Gasteiger partial charge in [0.25, 0.3) is 18.2 Å². The molecular formula is C38H44F3N3O7S3Si. The number of nitrogens with zero attached hydrogens (tertiary/aromatic N) is 1. The molecule has 5 rings (SSSR count). The molecule has 1 fully saturated rings. The monoisotopic (exact) mass is 835 g/mol. The highest BCUT2D eigenvalue weighted by Gasteiger charge is 2.51. The first-order valence-electron chi connectivity index (χ1n) is 17.4. The highest BCUT2D eigenvalue weighted by atomic mass is 32.2. The minimum atomic E-state index is -6.05. The van der Waals surface area contributed by atoms with E-state index in [1.165, 1.54) is 11.8 Å². The lowest BCUT2D eigenvalue weighted by Crippen LogP contribution is -2.68. The zero-order valence-electron chi connectivity index (χ0n) is 30.5. The van der Waals surface area contributed by atoms with Gasteiger partial charge in [0, 0.05) is 29.7 Å². The van der Waals surface area contributed by atoms with Crippen LogP contribution < -0.4 is 20.8 Å². The molecule has 1 heterocycles. The van der Waals surface area contributed by atoms with Crippen LogP contribution in [0.5, 0.6) is 0 Å². The summed E-state index contributed by atoms with van der Waals surface area (Å²) in [6.45, 7) is 7.22. The average Bonchev–Trinajstić information content (AvgIpc) is 3.14. The van der Waals surface area contributed by atoms with E-state index in [-0.39, 0.29) is 49.5 Å². The third-order valence-electron chi connectivity index (χ3n) is 9.31. The lowest BCUT2D eigenvalue weighted by molar-refractivity contribution is -0.141. The number of morpholine rings is 1. The van der Waals surface area contributed by atoms with Crippen LogP contribution in [-0.4, -0.2) is 85.7 Å². The number of alkyl halides is 3. The Kier molecular flexibility index (Phi) is 13.3. The Labute approximate surface area is 325 Å². The number of carbonyl (C=O) groups excluding carboxylic acids is 1. The summed E-state index contributed by atoms with van der Waals surface area (Å²) in [6, 6.07) is 29.9. The second kappa shape index (κ2) is 17.2. The van der Waals surface area contributed by atoms with Crippen LogP contribution in [0.2, 0.25) is 5.04 Å². The largest absolute Gasteiger partial charge is 0.501 e. The zero-order valence-corrected chi connectivity index (χ0v) is 34.0. The van der Waals surface area contributed by atoms with Gasteiger partial charge in [0.05, 0.1) is 36.4 Å². The van der Waals surface area contributed by atoms with Crippen molar-refractivity contribution in [1.29, 1.82) is 0 Å². The first-order chi connectivity index (χ1) is 25.8. The van der Waals surface area contributed by atoms with Gasteiger partial charge in [-0.05, 0) is 45.7 Å². The number of sulfone groups is 1. The summed E-state index contributed by atoms with van der Waals surface area (Å²) in [5, 5.41) is 9.77. The third kappa shape index (κ3) is 9.82. The standard InChI is InChI=1S/C38H44F3N3O7S3Si/c1-37(2,3)55(32-15-9-5-10-16-32,33-17-11-6-12-18-33)51-26-29-25-50-22-21-44(29)36(45)23-28(27-52-30-13-7-4-8-14-30)43-34-20-19-31(54(42,48)49)24-35(34)53(46,47)38(39,40)41/h4-20,24,28-29,43H,21-23,25-27H2,1-3H3,(H2,42,48,49)/t28-,29-/m1/s1. The van der Waals surface area contributed by atoms with Gasteiger partial charge in [-0.15, -0.1) is 11.8 Å². The van der Waals surface area contributed by atoms with Crippen molar-refractivity contribution in [2.24, 2.45) is 5.14 Å². The van der Waals surface area contributed by atoms with Gasteiger partial charge in [-0.25, -0.2) is 22.0 Å². The summed E-state index contributed by atoms with van der Waals surface area (Å²) in [6.07, 6.45) is -0.252. The van der Waals surface area contributed by atoms with E-state index in [4.69, 9.17) is 14.3 Å². The van der Waals surface area contributed by atoms with Crippen molar-refractivity contribution < 1.29 is 44.0 Å². The minimum absolute atomic E-state index is 0.131. The summed E-state index contributed by atoms with van der Waals surface area (Å²) >= 11 is 1.31. The Morgan fingerprint density at radius 3 is 2.02 bits per heavy atom. The number of primary sulfonamides is 1. The fraction of sp³-hybridized carbons (Fsp3) is 0.342. The molecule has 2 atom stereocenters. The van der Waals surface area contributed by atoms with Crippen LogP contribution in [0.4, 0.5) is 18.9 Å². The molecule has 4 aromatic carbocycles. The Morgan fingerprint density at radius 2 is 1.49 bits per heavy atom. The number of sulfonamides is 1. The smallest absolute Gasteiger partial charge is 0.405 e. The lowest BCUT2D eigenvalue weighted by Gasteiger charge is -2.45. The van der Waals surface area contributed by atoms with Crippen LogP contribution in [0.15, 0.2) is 124 Å². The van der Waals surface area contributed by atoms with Crippen LogP contribution in [-0.2, 0) is 33.8 Å². The van der Waals surface area contributed by atoms with E-state index in [2.05, 4.69) is 50.4 Å². The number of ether oxygens (including phenoxy) is 1. The third-order valence-corrected chi connectivity index (χ3v) is 17.9. The molecule has 0 unspecified atom stereocenters. The van der Waals surface area contributed by atoms with E-state index in [0.717, 1.165) is 27.4 Å². The number of hydrogen-bond acceptors (Lipinski definition) is 9. The summed E-state index contributed by atoms with van der Waals surface area (Å²) in [5.41, 5.74) is -6.28. The number of thioether (sulfide) groups is 1. The number of anilines is 1. The predicted molar refractivity (Wildman–Crippen MR) is 210 cm³/mol. The first kappa shape index (κ1) is 42.4. The summed E-state index contributed by atoms with van der Waals surface area (Å²) in [5.74, 6) is -0.224. The van der Waals surface area contributed by atoms with E-state index in [9.17, 15) is 34.8 Å². The Bertz CT molecular complexity index is 2100. The number of nitrogens with two attached hydrogens (primary N) is 1. The molecule has 0 saturated carbocycles. The Balaban J connectivity index is 1.47. The van der Waals surface area contributed by atoms with Crippen molar-refractivity contribution in [1.82, 2.24) is 4.90 Å². The molecule has 1 saturated heterocycles. The fourth-order valence-electron chi connectivity index (χ4n) is 6.66. The Morgan fingerprint density at radius 1 is 0.927 bits per heavy atom. The van der Waals surface area contributed by atoms with Crippen LogP contribution in [0.25, 0.3) is 0 Å². The highest BCUT2D eigenvalue weighted by Crippen LogP contribution is 2.38. The van der Waals surface area contributed by atoms with Gasteiger partial charge in [0.2, 0.25) is 15.9 Å². The average molecular weight is 836 g/mol. The van der Waals surface area contributed by atoms with Gasteiger partial charge in [-0.1, -0.05) is 99.6 Å². The molecule has 0 aliphatic carbocycles. The molecule has 0 radical (unpaired) electrons. The maximum absolute atomic E-state index is 14.3. The molecular weight excluding hydrogens is 792 g/mol. The normalized spacial score (nSPS) is 16.4. The van der Waals surface area contributed by atoms with Crippen LogP contribution in [0.3, 0.4) is 0 Å². The number of nitrogens with one attached hydrogen (secondary N) is 1. The maximum Gasteiger partial charge on any atom is 0.501 e. The van der Waals surface area contributed by atoms with Gasteiger partial charge in [0.1, 0.15) is 4.90 Å². The molecule has 0 spiro atoms. The lowest BCUT2D eigenvalue weighted by atomic mass is 10.1.